The fourth-order valence-electron chi connectivity index (χ4n) is 1.94. The number of amides is 2. The van der Waals surface area contributed by atoms with Gasteiger partial charge in [0.2, 0.25) is 11.8 Å². The first-order chi connectivity index (χ1) is 7.95. The molecule has 2 unspecified atom stereocenters. The number of carbonyl (C=O) groups is 3. The van der Waals surface area contributed by atoms with Gasteiger partial charge < -0.3 is 5.11 Å². The van der Waals surface area contributed by atoms with Crippen LogP contribution in [0.1, 0.15) is 26.7 Å². The maximum Gasteiger partial charge on any atom is 0.307 e. The summed E-state index contributed by atoms with van der Waals surface area (Å²) in [5.74, 6) is -1.98. The first-order valence-corrected chi connectivity index (χ1v) is 5.76. The van der Waals surface area contributed by atoms with E-state index in [1.807, 2.05) is 6.92 Å². The van der Waals surface area contributed by atoms with Gasteiger partial charge in [-0.2, -0.15) is 0 Å². The molecular formula is C11H18N2O4. The van der Waals surface area contributed by atoms with E-state index in [9.17, 15) is 14.4 Å². The molecule has 0 aromatic heterocycles. The van der Waals surface area contributed by atoms with Crippen molar-refractivity contribution in [3.63, 3.8) is 0 Å². The Morgan fingerprint density at radius 1 is 1.59 bits per heavy atom. The number of piperidine rings is 1. The van der Waals surface area contributed by atoms with Gasteiger partial charge in [-0.05, 0) is 13.0 Å². The molecule has 17 heavy (non-hydrogen) atoms. The third-order valence-electron chi connectivity index (χ3n) is 2.99. The molecule has 6 nitrogen and oxygen atoms in total. The second kappa shape index (κ2) is 5.77. The lowest BCUT2D eigenvalue weighted by Crippen LogP contribution is -2.53. The number of hydrogen-bond donors (Lipinski definition) is 2. The molecule has 0 aromatic rings. The average Bonchev–Trinajstić information content (AvgIpc) is 2.26. The second-order valence-corrected chi connectivity index (χ2v) is 4.29. The van der Waals surface area contributed by atoms with Crippen LogP contribution in [0.3, 0.4) is 0 Å². The van der Waals surface area contributed by atoms with Crippen LogP contribution < -0.4 is 5.32 Å². The van der Waals surface area contributed by atoms with Gasteiger partial charge in [0.05, 0.1) is 12.0 Å². The average molecular weight is 242 g/mol. The monoisotopic (exact) mass is 242 g/mol. The number of carboxylic acid groups (broad SMARTS) is 1. The minimum Gasteiger partial charge on any atom is -0.481 e. The van der Waals surface area contributed by atoms with Crippen molar-refractivity contribution in [2.75, 3.05) is 13.1 Å². The molecule has 2 atom stereocenters. The summed E-state index contributed by atoms with van der Waals surface area (Å²) in [5, 5.41) is 11.1. The highest BCUT2D eigenvalue weighted by molar-refractivity contribution is 6.00. The summed E-state index contributed by atoms with van der Waals surface area (Å²) in [5.41, 5.74) is 0. The van der Waals surface area contributed by atoms with E-state index < -0.39 is 11.9 Å². The van der Waals surface area contributed by atoms with Crippen LogP contribution in [-0.4, -0.2) is 46.9 Å². The molecule has 0 aliphatic carbocycles. The van der Waals surface area contributed by atoms with Crippen molar-refractivity contribution in [2.45, 2.75) is 32.7 Å². The minimum atomic E-state index is -0.879. The molecule has 1 fully saturated rings. The predicted molar refractivity (Wildman–Crippen MR) is 60.2 cm³/mol. The summed E-state index contributed by atoms with van der Waals surface area (Å²) < 4.78 is 0. The first kappa shape index (κ1) is 13.6. The number of nitrogens with one attached hydrogen (secondary N) is 1. The zero-order valence-corrected chi connectivity index (χ0v) is 10.1. The molecule has 0 radical (unpaired) electrons. The van der Waals surface area contributed by atoms with E-state index >= 15 is 0 Å². The Hall–Kier alpha value is -1.43. The van der Waals surface area contributed by atoms with Gasteiger partial charge in [0.25, 0.3) is 0 Å². The number of nitrogens with zero attached hydrogens (tertiary/aromatic N) is 1. The smallest absolute Gasteiger partial charge is 0.307 e. The van der Waals surface area contributed by atoms with Crippen molar-refractivity contribution < 1.29 is 19.5 Å². The molecule has 0 saturated carbocycles. The Balaban J connectivity index is 2.64. The van der Waals surface area contributed by atoms with Crippen LogP contribution in [0.2, 0.25) is 0 Å². The highest BCUT2D eigenvalue weighted by Crippen LogP contribution is 2.14. The van der Waals surface area contributed by atoms with Crippen molar-refractivity contribution in [3.8, 4) is 0 Å². The van der Waals surface area contributed by atoms with E-state index in [1.54, 1.807) is 11.8 Å². The number of carboxylic acids is 1. The van der Waals surface area contributed by atoms with E-state index in [0.717, 1.165) is 0 Å². The molecule has 1 heterocycles. The zero-order valence-electron chi connectivity index (χ0n) is 10.1. The van der Waals surface area contributed by atoms with Crippen LogP contribution in [0.25, 0.3) is 0 Å². The van der Waals surface area contributed by atoms with Crippen LogP contribution in [0.15, 0.2) is 0 Å². The Morgan fingerprint density at radius 2 is 2.24 bits per heavy atom. The molecule has 2 amide bonds. The van der Waals surface area contributed by atoms with Crippen molar-refractivity contribution in [3.05, 3.63) is 0 Å². The molecule has 0 spiro atoms. The number of likely N-dealkylation sites (N-methyl/N-ethyl adjacent to an activating group) is 1. The van der Waals surface area contributed by atoms with Gasteiger partial charge in [-0.15, -0.1) is 0 Å². The van der Waals surface area contributed by atoms with Crippen LogP contribution >= 0.6 is 0 Å². The van der Waals surface area contributed by atoms with Crippen LogP contribution in [0, 0.1) is 5.92 Å². The standard InChI is InChI=1S/C11H18N2O4/c1-3-13(6-7(2)11(16)17)8-4-5-9(14)12-10(8)15/h7-8H,3-6H2,1-2H3,(H,16,17)(H,12,14,15). The molecule has 1 rings (SSSR count). The van der Waals surface area contributed by atoms with Gasteiger partial charge in [-0.1, -0.05) is 13.8 Å². The minimum absolute atomic E-state index is 0.256. The van der Waals surface area contributed by atoms with E-state index in [0.29, 0.717) is 25.9 Å². The first-order valence-electron chi connectivity index (χ1n) is 5.76. The maximum atomic E-state index is 11.6. The lowest BCUT2D eigenvalue weighted by Gasteiger charge is -2.32. The van der Waals surface area contributed by atoms with Gasteiger partial charge in [0.15, 0.2) is 0 Å². The Bertz CT molecular complexity index is 329. The Labute approximate surface area is 100.0 Å². The molecule has 0 bridgehead atoms. The van der Waals surface area contributed by atoms with Crippen LogP contribution in [0.4, 0.5) is 0 Å². The number of rotatable bonds is 5. The number of carbonyl (C=O) groups excluding carboxylic acids is 2. The highest BCUT2D eigenvalue weighted by Gasteiger charge is 2.32. The SMILES string of the molecule is CCN(CC(C)C(=O)O)C1CCC(=O)NC1=O. The Morgan fingerprint density at radius 3 is 2.71 bits per heavy atom. The number of aliphatic carboxylic acids is 1. The summed E-state index contributed by atoms with van der Waals surface area (Å²) in [4.78, 5) is 35.2. The second-order valence-electron chi connectivity index (χ2n) is 4.29. The maximum absolute atomic E-state index is 11.6. The van der Waals surface area contributed by atoms with Gasteiger partial charge in [-0.3, -0.25) is 24.6 Å². The van der Waals surface area contributed by atoms with Crippen molar-refractivity contribution in [1.29, 1.82) is 0 Å². The third kappa shape index (κ3) is 3.52. The van der Waals surface area contributed by atoms with Gasteiger partial charge in [0.1, 0.15) is 0 Å². The lowest BCUT2D eigenvalue weighted by atomic mass is 10.0. The van der Waals surface area contributed by atoms with Crippen molar-refractivity contribution >= 4 is 17.8 Å². The molecular weight excluding hydrogens is 224 g/mol. The largest absolute Gasteiger partial charge is 0.481 e. The van der Waals surface area contributed by atoms with Crippen LogP contribution in [-0.2, 0) is 14.4 Å². The Kier molecular flexibility index (Phi) is 4.62. The quantitative estimate of drug-likeness (QED) is 0.654. The topological polar surface area (TPSA) is 86.7 Å². The van der Waals surface area contributed by atoms with Gasteiger partial charge in [0, 0.05) is 13.0 Å². The number of imide groups is 1. The summed E-state index contributed by atoms with van der Waals surface area (Å²) in [6.45, 7) is 4.39. The molecule has 1 saturated heterocycles. The molecule has 96 valence electrons. The van der Waals surface area contributed by atoms with Crippen molar-refractivity contribution in [1.82, 2.24) is 10.2 Å². The predicted octanol–water partition coefficient (Wildman–Crippen LogP) is -0.166. The van der Waals surface area contributed by atoms with Gasteiger partial charge >= 0.3 is 5.97 Å². The van der Waals surface area contributed by atoms with Gasteiger partial charge in [-0.25, -0.2) is 0 Å². The molecule has 0 aromatic carbocycles. The van der Waals surface area contributed by atoms with E-state index in [2.05, 4.69) is 5.32 Å². The summed E-state index contributed by atoms with van der Waals surface area (Å²) >= 11 is 0. The fourth-order valence-corrected chi connectivity index (χ4v) is 1.94. The van der Waals surface area contributed by atoms with E-state index in [1.165, 1.54) is 0 Å². The molecule has 1 aliphatic heterocycles. The van der Waals surface area contributed by atoms with E-state index in [4.69, 9.17) is 5.11 Å². The summed E-state index contributed by atoms with van der Waals surface area (Å²) in [6.07, 6.45) is 0.777. The lowest BCUT2D eigenvalue weighted by molar-refractivity contribution is -0.144. The molecule has 1 aliphatic rings. The molecule has 2 N–H and O–H groups in total. The summed E-state index contributed by atoms with van der Waals surface area (Å²) in [6, 6.07) is -0.389. The molecule has 6 heteroatoms. The van der Waals surface area contributed by atoms with Crippen LogP contribution in [0.5, 0.6) is 0 Å². The summed E-state index contributed by atoms with van der Waals surface area (Å²) in [7, 11) is 0. The third-order valence-corrected chi connectivity index (χ3v) is 2.99. The zero-order chi connectivity index (χ0) is 13.0. The fraction of sp³-hybridized carbons (Fsp3) is 0.727. The normalized spacial score (nSPS) is 22.4. The highest BCUT2D eigenvalue weighted by atomic mass is 16.4. The van der Waals surface area contributed by atoms with E-state index in [-0.39, 0.29) is 17.9 Å². The number of hydrogen-bond acceptors (Lipinski definition) is 4. The van der Waals surface area contributed by atoms with Crippen molar-refractivity contribution in [2.24, 2.45) is 5.92 Å².